The minimum Gasteiger partial charge on any atom is -0.258 e. The Morgan fingerprint density at radius 3 is 2.45 bits per heavy atom. The van der Waals surface area contributed by atoms with Crippen molar-refractivity contribution in [1.29, 1.82) is 0 Å². The maximum Gasteiger partial charge on any atom is 0.269 e. The van der Waals surface area contributed by atoms with E-state index in [-0.39, 0.29) is 5.69 Å². The number of nitro groups is 1. The summed E-state index contributed by atoms with van der Waals surface area (Å²) in [5.41, 5.74) is 3.65. The van der Waals surface area contributed by atoms with Gasteiger partial charge in [-0.3, -0.25) is 15.1 Å². The third-order valence-corrected chi connectivity index (χ3v) is 2.82. The van der Waals surface area contributed by atoms with E-state index in [1.54, 1.807) is 18.3 Å². The maximum absolute atomic E-state index is 10.6. The van der Waals surface area contributed by atoms with Crippen LogP contribution >= 0.6 is 0 Å². The SMILES string of the molecule is C=C(C)c1ccccc1N=Cc1ccc([N+](=O)[O-])cc1. The maximum atomic E-state index is 10.6. The van der Waals surface area contributed by atoms with Crippen molar-refractivity contribution < 1.29 is 4.92 Å². The van der Waals surface area contributed by atoms with Crippen LogP contribution in [0.2, 0.25) is 0 Å². The van der Waals surface area contributed by atoms with Crippen LogP contribution in [0.1, 0.15) is 18.1 Å². The smallest absolute Gasteiger partial charge is 0.258 e. The van der Waals surface area contributed by atoms with Gasteiger partial charge in [-0.1, -0.05) is 24.8 Å². The number of benzene rings is 2. The zero-order chi connectivity index (χ0) is 14.5. The Labute approximate surface area is 117 Å². The van der Waals surface area contributed by atoms with E-state index in [4.69, 9.17) is 0 Å². The summed E-state index contributed by atoms with van der Waals surface area (Å²) in [6, 6.07) is 14.0. The zero-order valence-corrected chi connectivity index (χ0v) is 11.1. The molecular weight excluding hydrogens is 252 g/mol. The highest BCUT2D eigenvalue weighted by Gasteiger charge is 2.03. The number of nitro benzene ring substituents is 1. The van der Waals surface area contributed by atoms with E-state index in [1.807, 2.05) is 31.2 Å². The van der Waals surface area contributed by atoms with Crippen LogP contribution in [0.5, 0.6) is 0 Å². The molecule has 0 amide bonds. The summed E-state index contributed by atoms with van der Waals surface area (Å²) in [4.78, 5) is 14.6. The molecule has 0 heterocycles. The Hall–Kier alpha value is -2.75. The quantitative estimate of drug-likeness (QED) is 0.468. The van der Waals surface area contributed by atoms with E-state index in [2.05, 4.69) is 11.6 Å². The molecule has 2 aromatic carbocycles. The normalized spacial score (nSPS) is 10.7. The van der Waals surface area contributed by atoms with Gasteiger partial charge in [-0.2, -0.15) is 0 Å². The lowest BCUT2D eigenvalue weighted by Gasteiger charge is -2.03. The molecule has 0 atom stereocenters. The largest absolute Gasteiger partial charge is 0.269 e. The number of nitrogens with zero attached hydrogens (tertiary/aromatic N) is 2. The van der Waals surface area contributed by atoms with Crippen LogP contribution in [0.4, 0.5) is 11.4 Å². The molecule has 0 fully saturated rings. The van der Waals surface area contributed by atoms with Crippen molar-refractivity contribution in [2.45, 2.75) is 6.92 Å². The van der Waals surface area contributed by atoms with Crippen molar-refractivity contribution >= 4 is 23.2 Å². The minimum atomic E-state index is -0.419. The summed E-state index contributed by atoms with van der Waals surface area (Å²) >= 11 is 0. The number of rotatable bonds is 4. The Balaban J connectivity index is 2.25. The predicted octanol–water partition coefficient (Wildman–Crippen LogP) is 4.38. The van der Waals surface area contributed by atoms with Crippen LogP contribution in [0.3, 0.4) is 0 Å². The van der Waals surface area contributed by atoms with Gasteiger partial charge in [-0.25, -0.2) is 0 Å². The van der Waals surface area contributed by atoms with Gasteiger partial charge < -0.3 is 0 Å². The predicted molar refractivity (Wildman–Crippen MR) is 81.5 cm³/mol. The zero-order valence-electron chi connectivity index (χ0n) is 11.1. The summed E-state index contributed by atoms with van der Waals surface area (Å²) in [5, 5.41) is 10.6. The van der Waals surface area contributed by atoms with Crippen molar-refractivity contribution in [2.75, 3.05) is 0 Å². The fraction of sp³-hybridized carbons (Fsp3) is 0.0625. The van der Waals surface area contributed by atoms with E-state index in [0.29, 0.717) is 0 Å². The first-order chi connectivity index (χ1) is 9.58. The molecule has 0 aliphatic heterocycles. The van der Waals surface area contributed by atoms with Gasteiger partial charge in [0.1, 0.15) is 0 Å². The Kier molecular flexibility index (Phi) is 4.05. The molecular formula is C16H14N2O2. The first-order valence-electron chi connectivity index (χ1n) is 6.11. The number of aliphatic imine (C=N–C) groups is 1. The molecule has 0 N–H and O–H groups in total. The first kappa shape index (κ1) is 13.7. The monoisotopic (exact) mass is 266 g/mol. The van der Waals surface area contributed by atoms with Crippen molar-refractivity contribution in [2.24, 2.45) is 4.99 Å². The Morgan fingerprint density at radius 1 is 1.20 bits per heavy atom. The van der Waals surface area contributed by atoms with Crippen LogP contribution in [0.15, 0.2) is 60.1 Å². The second-order valence-corrected chi connectivity index (χ2v) is 4.40. The van der Waals surface area contributed by atoms with E-state index in [1.165, 1.54) is 12.1 Å². The lowest BCUT2D eigenvalue weighted by Crippen LogP contribution is -1.88. The second kappa shape index (κ2) is 5.93. The van der Waals surface area contributed by atoms with Gasteiger partial charge in [-0.15, -0.1) is 0 Å². The molecule has 0 saturated heterocycles. The molecule has 2 aromatic rings. The summed E-state index contributed by atoms with van der Waals surface area (Å²) in [6.45, 7) is 5.85. The van der Waals surface area contributed by atoms with Gasteiger partial charge in [-0.05, 0) is 36.3 Å². The van der Waals surface area contributed by atoms with Crippen molar-refractivity contribution in [3.05, 3.63) is 76.4 Å². The molecule has 0 unspecified atom stereocenters. The molecule has 2 rings (SSSR count). The summed E-state index contributed by atoms with van der Waals surface area (Å²) in [5.74, 6) is 0. The molecule has 0 saturated carbocycles. The first-order valence-corrected chi connectivity index (χ1v) is 6.11. The second-order valence-electron chi connectivity index (χ2n) is 4.40. The van der Waals surface area contributed by atoms with E-state index >= 15 is 0 Å². The molecule has 0 spiro atoms. The van der Waals surface area contributed by atoms with Crippen LogP contribution in [-0.4, -0.2) is 11.1 Å². The highest BCUT2D eigenvalue weighted by Crippen LogP contribution is 2.24. The lowest BCUT2D eigenvalue weighted by molar-refractivity contribution is -0.384. The topological polar surface area (TPSA) is 55.5 Å². The Morgan fingerprint density at radius 2 is 1.85 bits per heavy atom. The third-order valence-electron chi connectivity index (χ3n) is 2.82. The fourth-order valence-electron chi connectivity index (χ4n) is 1.77. The lowest BCUT2D eigenvalue weighted by atomic mass is 10.1. The molecule has 0 radical (unpaired) electrons. The van der Waals surface area contributed by atoms with Crippen LogP contribution in [-0.2, 0) is 0 Å². The summed E-state index contributed by atoms with van der Waals surface area (Å²) in [7, 11) is 0. The van der Waals surface area contributed by atoms with Gasteiger partial charge in [0.15, 0.2) is 0 Å². The van der Waals surface area contributed by atoms with Crippen molar-refractivity contribution in [3.8, 4) is 0 Å². The van der Waals surface area contributed by atoms with Crippen LogP contribution < -0.4 is 0 Å². The molecule has 4 nitrogen and oxygen atoms in total. The number of non-ortho nitro benzene ring substituents is 1. The molecule has 0 aliphatic rings. The molecule has 0 aromatic heterocycles. The highest BCUT2D eigenvalue weighted by atomic mass is 16.6. The molecule has 0 aliphatic carbocycles. The van der Waals surface area contributed by atoms with Gasteiger partial charge in [0.05, 0.1) is 10.6 Å². The minimum absolute atomic E-state index is 0.0736. The number of hydrogen-bond acceptors (Lipinski definition) is 3. The number of allylic oxidation sites excluding steroid dienone is 1. The standard InChI is InChI=1S/C16H14N2O2/c1-12(2)15-5-3-4-6-16(15)17-11-13-7-9-14(10-8-13)18(19)20/h3-11H,1H2,2H3. The van der Waals surface area contributed by atoms with Gasteiger partial charge in [0.25, 0.3) is 5.69 Å². The van der Waals surface area contributed by atoms with Gasteiger partial charge in [0.2, 0.25) is 0 Å². The third kappa shape index (κ3) is 3.17. The number of hydrogen-bond donors (Lipinski definition) is 0. The van der Waals surface area contributed by atoms with Crippen LogP contribution in [0, 0.1) is 10.1 Å². The average Bonchev–Trinajstić information content (AvgIpc) is 2.45. The van der Waals surface area contributed by atoms with E-state index in [0.717, 1.165) is 22.4 Å². The van der Waals surface area contributed by atoms with Crippen LogP contribution in [0.25, 0.3) is 5.57 Å². The summed E-state index contributed by atoms with van der Waals surface area (Å²) < 4.78 is 0. The molecule has 20 heavy (non-hydrogen) atoms. The van der Waals surface area contributed by atoms with Gasteiger partial charge in [0, 0.05) is 23.9 Å². The molecule has 100 valence electrons. The molecule has 0 bridgehead atoms. The fourth-order valence-corrected chi connectivity index (χ4v) is 1.77. The van der Waals surface area contributed by atoms with Crippen molar-refractivity contribution in [1.82, 2.24) is 0 Å². The van der Waals surface area contributed by atoms with Gasteiger partial charge >= 0.3 is 0 Å². The summed E-state index contributed by atoms with van der Waals surface area (Å²) in [6.07, 6.45) is 1.69. The average molecular weight is 266 g/mol. The number of para-hydroxylation sites is 1. The Bertz CT molecular complexity index is 673. The molecule has 4 heteroatoms. The van der Waals surface area contributed by atoms with E-state index < -0.39 is 4.92 Å². The van der Waals surface area contributed by atoms with Crippen molar-refractivity contribution in [3.63, 3.8) is 0 Å². The highest BCUT2D eigenvalue weighted by molar-refractivity contribution is 5.84. The van der Waals surface area contributed by atoms with E-state index in [9.17, 15) is 10.1 Å².